The number of halogens is 5. The molecule has 0 N–H and O–H groups in total. The molecule has 0 atom stereocenters. The number of rotatable bonds is 3. The van der Waals surface area contributed by atoms with Gasteiger partial charge in [-0.15, -0.1) is 0 Å². The first kappa shape index (κ1) is 14.8. The first-order valence-electron chi connectivity index (χ1n) is 4.90. The lowest BCUT2D eigenvalue weighted by atomic mass is 10.1. The van der Waals surface area contributed by atoms with Crippen molar-refractivity contribution in [3.05, 3.63) is 28.5 Å². The second-order valence-corrected chi connectivity index (χ2v) is 4.20. The molecule has 2 nitrogen and oxygen atoms in total. The van der Waals surface area contributed by atoms with E-state index in [0.29, 0.717) is 6.07 Å². The topological polar surface area (TPSA) is 26.3 Å². The number of carbonyl (C=O) groups is 1. The lowest BCUT2D eigenvalue weighted by Gasteiger charge is -2.13. The maximum Gasteiger partial charge on any atom is 0.454 e. The van der Waals surface area contributed by atoms with Gasteiger partial charge in [-0.1, -0.05) is 11.6 Å². The number of carbonyl (C=O) groups excluding carboxylic acids is 1. The van der Waals surface area contributed by atoms with E-state index in [1.54, 1.807) is 13.8 Å². The number of Topliss-reactive ketones (excluding diaryl/α,β-unsaturated/α-hetero) is 1. The van der Waals surface area contributed by atoms with Crippen LogP contribution < -0.4 is 4.74 Å². The fourth-order valence-electron chi connectivity index (χ4n) is 1.22. The van der Waals surface area contributed by atoms with Crippen molar-refractivity contribution in [1.29, 1.82) is 0 Å². The Hall–Kier alpha value is -1.30. The zero-order valence-corrected chi connectivity index (χ0v) is 10.2. The monoisotopic (exact) mass is 284 g/mol. The van der Waals surface area contributed by atoms with Crippen LogP contribution in [0.25, 0.3) is 0 Å². The number of hydrogen-bond acceptors (Lipinski definition) is 2. The molecule has 0 saturated carbocycles. The Labute approximate surface area is 105 Å². The summed E-state index contributed by atoms with van der Waals surface area (Å²) in [6, 6.07) is 1.64. The van der Waals surface area contributed by atoms with Crippen LogP contribution in [0.3, 0.4) is 0 Å². The maximum absolute atomic E-state index is 13.7. The molecule has 0 aliphatic carbocycles. The third-order valence-corrected chi connectivity index (χ3v) is 2.09. The Morgan fingerprint density at radius 2 is 1.89 bits per heavy atom. The van der Waals surface area contributed by atoms with Gasteiger partial charge >= 0.3 is 6.18 Å². The molecule has 0 heterocycles. The van der Waals surface area contributed by atoms with Gasteiger partial charge in [0.25, 0.3) is 5.78 Å². The molecule has 1 aromatic carbocycles. The normalized spacial score (nSPS) is 11.8. The fourth-order valence-corrected chi connectivity index (χ4v) is 1.43. The minimum atomic E-state index is -5.17. The fraction of sp³-hybridized carbons (Fsp3) is 0.364. The van der Waals surface area contributed by atoms with E-state index in [1.807, 2.05) is 0 Å². The summed E-state index contributed by atoms with van der Waals surface area (Å²) < 4.78 is 55.4. The average molecular weight is 285 g/mol. The van der Waals surface area contributed by atoms with Gasteiger partial charge in [-0.2, -0.15) is 13.2 Å². The summed E-state index contributed by atoms with van der Waals surface area (Å²) in [6.07, 6.45) is -5.63. The van der Waals surface area contributed by atoms with Crippen LogP contribution in [0.2, 0.25) is 5.02 Å². The summed E-state index contributed by atoms with van der Waals surface area (Å²) in [5.74, 6) is -4.14. The molecular formula is C11H9ClF4O2. The smallest absolute Gasteiger partial charge is 0.454 e. The van der Waals surface area contributed by atoms with Crippen LogP contribution >= 0.6 is 11.6 Å². The maximum atomic E-state index is 13.7. The van der Waals surface area contributed by atoms with Crippen molar-refractivity contribution in [3.8, 4) is 5.75 Å². The Morgan fingerprint density at radius 3 is 2.33 bits per heavy atom. The molecule has 0 spiro atoms. The van der Waals surface area contributed by atoms with Crippen molar-refractivity contribution >= 4 is 17.4 Å². The van der Waals surface area contributed by atoms with E-state index >= 15 is 0 Å². The minimum Gasteiger partial charge on any atom is -0.488 e. The van der Waals surface area contributed by atoms with Gasteiger partial charge in [0.1, 0.15) is 0 Å². The number of benzene rings is 1. The molecule has 0 aliphatic rings. The number of ether oxygens (including phenoxy) is 1. The Kier molecular flexibility index (Phi) is 4.21. The summed E-state index contributed by atoms with van der Waals surface area (Å²) in [6.45, 7) is 3.12. The first-order valence-corrected chi connectivity index (χ1v) is 5.28. The van der Waals surface area contributed by atoms with Crippen LogP contribution in [-0.4, -0.2) is 18.1 Å². The lowest BCUT2D eigenvalue weighted by molar-refractivity contribution is -0.0887. The van der Waals surface area contributed by atoms with E-state index in [0.717, 1.165) is 6.07 Å². The molecule has 0 unspecified atom stereocenters. The molecule has 0 saturated heterocycles. The number of alkyl halides is 3. The Balaban J connectivity index is 3.29. The van der Waals surface area contributed by atoms with Crippen molar-refractivity contribution in [2.45, 2.75) is 26.1 Å². The van der Waals surface area contributed by atoms with Gasteiger partial charge in [0, 0.05) is 11.1 Å². The number of hydrogen-bond donors (Lipinski definition) is 0. The summed E-state index contributed by atoms with van der Waals surface area (Å²) in [7, 11) is 0. The lowest BCUT2D eigenvalue weighted by Crippen LogP contribution is -2.24. The van der Waals surface area contributed by atoms with Gasteiger partial charge in [0.05, 0.1) is 11.7 Å². The standard InChI is InChI=1S/C11H9ClF4O2/c1-5(2)18-8-4-6(12)3-7(9(8)13)10(17)11(14,15)16/h3-5H,1-2H3. The molecule has 1 rings (SSSR count). The highest BCUT2D eigenvalue weighted by Crippen LogP contribution is 2.31. The molecule has 0 aromatic heterocycles. The summed E-state index contributed by atoms with van der Waals surface area (Å²) in [5.41, 5.74) is -1.15. The Bertz CT molecular complexity index is 469. The van der Waals surface area contributed by atoms with E-state index in [2.05, 4.69) is 0 Å². The Morgan fingerprint density at radius 1 is 1.33 bits per heavy atom. The predicted molar refractivity (Wildman–Crippen MR) is 57.6 cm³/mol. The van der Waals surface area contributed by atoms with Crippen LogP contribution in [-0.2, 0) is 0 Å². The van der Waals surface area contributed by atoms with Crippen molar-refractivity contribution in [1.82, 2.24) is 0 Å². The van der Waals surface area contributed by atoms with Gasteiger partial charge in [-0.05, 0) is 19.9 Å². The summed E-state index contributed by atoms with van der Waals surface area (Å²) in [5, 5.41) is -0.209. The molecule has 0 radical (unpaired) electrons. The van der Waals surface area contributed by atoms with Crippen molar-refractivity contribution < 1.29 is 27.1 Å². The summed E-state index contributed by atoms with van der Waals surface area (Å²) >= 11 is 5.53. The van der Waals surface area contributed by atoms with Crippen LogP contribution in [0.4, 0.5) is 17.6 Å². The highest BCUT2D eigenvalue weighted by atomic mass is 35.5. The van der Waals surface area contributed by atoms with E-state index < -0.39 is 35.2 Å². The second kappa shape index (κ2) is 5.14. The van der Waals surface area contributed by atoms with Crippen LogP contribution in [0.5, 0.6) is 5.75 Å². The van der Waals surface area contributed by atoms with E-state index in [1.165, 1.54) is 0 Å². The highest BCUT2D eigenvalue weighted by Gasteiger charge is 2.41. The highest BCUT2D eigenvalue weighted by molar-refractivity contribution is 6.31. The zero-order chi connectivity index (χ0) is 14.1. The largest absolute Gasteiger partial charge is 0.488 e. The summed E-state index contributed by atoms with van der Waals surface area (Å²) in [4.78, 5) is 11.0. The average Bonchev–Trinajstić information content (AvgIpc) is 2.19. The van der Waals surface area contributed by atoms with E-state index in [4.69, 9.17) is 16.3 Å². The predicted octanol–water partition coefficient (Wildman–Crippen LogP) is 4.01. The second-order valence-electron chi connectivity index (χ2n) is 3.76. The van der Waals surface area contributed by atoms with Crippen LogP contribution in [0.1, 0.15) is 24.2 Å². The van der Waals surface area contributed by atoms with Gasteiger partial charge < -0.3 is 4.74 Å². The molecule has 18 heavy (non-hydrogen) atoms. The molecule has 0 fully saturated rings. The van der Waals surface area contributed by atoms with Gasteiger partial charge in [0.15, 0.2) is 11.6 Å². The number of ketones is 1. The third kappa shape index (κ3) is 3.35. The molecule has 100 valence electrons. The SMILES string of the molecule is CC(C)Oc1cc(Cl)cc(C(=O)C(F)(F)F)c1F. The van der Waals surface area contributed by atoms with Crippen LogP contribution in [0, 0.1) is 5.82 Å². The minimum absolute atomic E-state index is 0.209. The molecule has 1 aromatic rings. The van der Waals surface area contributed by atoms with Gasteiger partial charge in [0.2, 0.25) is 0 Å². The molecule has 0 bridgehead atoms. The van der Waals surface area contributed by atoms with Crippen molar-refractivity contribution in [3.63, 3.8) is 0 Å². The van der Waals surface area contributed by atoms with Gasteiger partial charge in [-0.25, -0.2) is 4.39 Å². The molecular weight excluding hydrogens is 276 g/mol. The van der Waals surface area contributed by atoms with Crippen LogP contribution in [0.15, 0.2) is 12.1 Å². The molecule has 0 amide bonds. The van der Waals surface area contributed by atoms with E-state index in [-0.39, 0.29) is 5.02 Å². The quantitative estimate of drug-likeness (QED) is 0.619. The zero-order valence-electron chi connectivity index (χ0n) is 9.44. The third-order valence-electron chi connectivity index (χ3n) is 1.87. The van der Waals surface area contributed by atoms with Crippen molar-refractivity contribution in [2.24, 2.45) is 0 Å². The molecule has 0 aliphatic heterocycles. The van der Waals surface area contributed by atoms with Crippen molar-refractivity contribution in [2.75, 3.05) is 0 Å². The molecule has 7 heteroatoms. The van der Waals surface area contributed by atoms with E-state index in [9.17, 15) is 22.4 Å². The van der Waals surface area contributed by atoms with Gasteiger partial charge in [-0.3, -0.25) is 4.79 Å². The first-order chi connectivity index (χ1) is 8.12.